The lowest BCUT2D eigenvalue weighted by Crippen LogP contribution is -2.44. The molecule has 0 unspecified atom stereocenters. The van der Waals surface area contributed by atoms with Crippen LogP contribution in [0.2, 0.25) is 0 Å². The Morgan fingerprint density at radius 1 is 1.45 bits per heavy atom. The SMILES string of the molecule is CC#C[C@@]1(c2c[nH]c(=O)[nH]c2=O)O[C@H](CO)[C@@H](O)[C@H]1O. The smallest absolute Gasteiger partial charge is 0.325 e. The van der Waals surface area contributed by atoms with Crippen LogP contribution >= 0.6 is 0 Å². The lowest BCUT2D eigenvalue weighted by atomic mass is 9.89. The normalized spacial score (nSPS) is 32.7. The maximum atomic E-state index is 11.9. The summed E-state index contributed by atoms with van der Waals surface area (Å²) in [4.78, 5) is 27.2. The van der Waals surface area contributed by atoms with Crippen molar-refractivity contribution in [3.63, 3.8) is 0 Å². The lowest BCUT2D eigenvalue weighted by Gasteiger charge is -2.25. The Bertz CT molecular complexity index is 669. The van der Waals surface area contributed by atoms with Gasteiger partial charge in [0.1, 0.15) is 18.3 Å². The van der Waals surface area contributed by atoms with Gasteiger partial charge in [0.05, 0.1) is 12.2 Å². The second-order valence-corrected chi connectivity index (χ2v) is 4.37. The van der Waals surface area contributed by atoms with E-state index in [1.165, 1.54) is 6.92 Å². The molecule has 1 aliphatic heterocycles. The van der Waals surface area contributed by atoms with E-state index in [2.05, 4.69) is 16.8 Å². The van der Waals surface area contributed by atoms with Gasteiger partial charge in [0.25, 0.3) is 5.56 Å². The minimum Gasteiger partial charge on any atom is -0.394 e. The van der Waals surface area contributed by atoms with Crippen molar-refractivity contribution in [1.29, 1.82) is 0 Å². The Morgan fingerprint density at radius 3 is 2.65 bits per heavy atom. The Morgan fingerprint density at radius 2 is 2.15 bits per heavy atom. The van der Waals surface area contributed by atoms with E-state index in [0.717, 1.165) is 6.20 Å². The van der Waals surface area contributed by atoms with Crippen LogP contribution in [0.15, 0.2) is 15.8 Å². The molecule has 2 rings (SSSR count). The van der Waals surface area contributed by atoms with E-state index in [1.807, 2.05) is 4.98 Å². The molecule has 1 saturated heterocycles. The molecule has 0 bridgehead atoms. The fraction of sp³-hybridized carbons (Fsp3) is 0.500. The molecule has 0 saturated carbocycles. The highest BCUT2D eigenvalue weighted by Crippen LogP contribution is 2.37. The van der Waals surface area contributed by atoms with Crippen LogP contribution in [0.25, 0.3) is 0 Å². The fourth-order valence-electron chi connectivity index (χ4n) is 2.23. The van der Waals surface area contributed by atoms with E-state index in [1.54, 1.807) is 0 Å². The molecule has 0 amide bonds. The first kappa shape index (κ1) is 14.5. The first-order chi connectivity index (χ1) is 9.46. The Labute approximate surface area is 113 Å². The van der Waals surface area contributed by atoms with Gasteiger partial charge in [0, 0.05) is 6.20 Å². The predicted molar refractivity (Wildman–Crippen MR) is 66.8 cm³/mol. The van der Waals surface area contributed by atoms with Crippen LogP contribution < -0.4 is 11.2 Å². The standard InChI is InChI=1S/C12H14N2O6/c1-2-3-12(6-4-13-11(19)14-10(6)18)9(17)8(16)7(5-15)20-12/h4,7-9,15-17H,5H2,1H3,(H2,13,14,18,19)/t7-,8-,9-,12+/m1/s1. The van der Waals surface area contributed by atoms with Gasteiger partial charge >= 0.3 is 5.69 Å². The number of aliphatic hydroxyl groups is 3. The second kappa shape index (κ2) is 5.22. The third-order valence-electron chi connectivity index (χ3n) is 3.17. The van der Waals surface area contributed by atoms with E-state index in [9.17, 15) is 19.8 Å². The van der Waals surface area contributed by atoms with Gasteiger partial charge in [-0.2, -0.15) is 0 Å². The number of hydrogen-bond donors (Lipinski definition) is 5. The van der Waals surface area contributed by atoms with Crippen LogP contribution in [0, 0.1) is 11.8 Å². The largest absolute Gasteiger partial charge is 0.394 e. The maximum absolute atomic E-state index is 11.9. The summed E-state index contributed by atoms with van der Waals surface area (Å²) < 4.78 is 5.40. The number of ether oxygens (including phenoxy) is 1. The summed E-state index contributed by atoms with van der Waals surface area (Å²) in [6, 6.07) is 0. The van der Waals surface area contributed by atoms with E-state index in [-0.39, 0.29) is 5.56 Å². The van der Waals surface area contributed by atoms with Gasteiger partial charge in [-0.25, -0.2) is 4.79 Å². The average molecular weight is 282 g/mol. The van der Waals surface area contributed by atoms with E-state index >= 15 is 0 Å². The van der Waals surface area contributed by atoms with Gasteiger partial charge in [-0.3, -0.25) is 9.78 Å². The summed E-state index contributed by atoms with van der Waals surface area (Å²) in [5, 5.41) is 29.1. The third-order valence-corrected chi connectivity index (χ3v) is 3.17. The average Bonchev–Trinajstić information content (AvgIpc) is 2.65. The van der Waals surface area contributed by atoms with Crippen molar-refractivity contribution < 1.29 is 20.1 Å². The van der Waals surface area contributed by atoms with Crippen LogP contribution in [-0.2, 0) is 10.3 Å². The topological polar surface area (TPSA) is 136 Å². The van der Waals surface area contributed by atoms with Crippen LogP contribution in [0.4, 0.5) is 0 Å². The number of H-pyrrole nitrogens is 2. The van der Waals surface area contributed by atoms with Gasteiger partial charge in [0.15, 0.2) is 5.60 Å². The zero-order valence-corrected chi connectivity index (χ0v) is 10.6. The fourth-order valence-corrected chi connectivity index (χ4v) is 2.23. The molecule has 8 nitrogen and oxygen atoms in total. The first-order valence-corrected chi connectivity index (χ1v) is 5.87. The van der Waals surface area contributed by atoms with Crippen molar-refractivity contribution in [2.24, 2.45) is 0 Å². The van der Waals surface area contributed by atoms with Gasteiger partial charge in [0.2, 0.25) is 0 Å². The molecule has 5 N–H and O–H groups in total. The van der Waals surface area contributed by atoms with Crippen molar-refractivity contribution in [2.75, 3.05) is 6.61 Å². The van der Waals surface area contributed by atoms with E-state index < -0.39 is 41.8 Å². The second-order valence-electron chi connectivity index (χ2n) is 4.37. The molecule has 1 aliphatic rings. The third kappa shape index (κ3) is 2.07. The molecular weight excluding hydrogens is 268 g/mol. The van der Waals surface area contributed by atoms with Crippen LogP contribution in [0.5, 0.6) is 0 Å². The number of hydrogen-bond acceptors (Lipinski definition) is 6. The molecule has 0 aromatic carbocycles. The van der Waals surface area contributed by atoms with Crippen LogP contribution in [-0.4, -0.2) is 50.2 Å². The van der Waals surface area contributed by atoms with E-state index in [4.69, 9.17) is 9.84 Å². The zero-order chi connectivity index (χ0) is 14.9. The summed E-state index contributed by atoms with van der Waals surface area (Å²) in [5.74, 6) is 5.06. The molecule has 4 atom stereocenters. The summed E-state index contributed by atoms with van der Waals surface area (Å²) in [7, 11) is 0. The Kier molecular flexibility index (Phi) is 3.78. The summed E-state index contributed by atoms with van der Waals surface area (Å²) >= 11 is 0. The highest BCUT2D eigenvalue weighted by Gasteiger charge is 2.55. The first-order valence-electron chi connectivity index (χ1n) is 5.87. The molecule has 1 fully saturated rings. The minimum absolute atomic E-state index is 0.144. The molecule has 108 valence electrons. The molecule has 20 heavy (non-hydrogen) atoms. The highest BCUT2D eigenvalue weighted by atomic mass is 16.6. The summed E-state index contributed by atoms with van der Waals surface area (Å²) in [6.07, 6.45) is -2.97. The molecular formula is C12H14N2O6. The monoisotopic (exact) mass is 282 g/mol. The molecule has 1 aromatic rings. The number of aliphatic hydroxyl groups excluding tert-OH is 3. The Hall–Kier alpha value is -1.92. The van der Waals surface area contributed by atoms with Crippen LogP contribution in [0.1, 0.15) is 12.5 Å². The highest BCUT2D eigenvalue weighted by molar-refractivity contribution is 5.33. The summed E-state index contributed by atoms with van der Waals surface area (Å²) in [6.45, 7) is 0.920. The molecule has 8 heteroatoms. The maximum Gasteiger partial charge on any atom is 0.325 e. The summed E-state index contributed by atoms with van der Waals surface area (Å²) in [5.41, 5.74) is -3.46. The quantitative estimate of drug-likeness (QED) is 0.377. The molecule has 0 aliphatic carbocycles. The Balaban J connectivity index is 2.64. The van der Waals surface area contributed by atoms with Crippen molar-refractivity contribution >= 4 is 0 Å². The van der Waals surface area contributed by atoms with Gasteiger partial charge in [-0.05, 0) is 6.92 Å². The van der Waals surface area contributed by atoms with Gasteiger partial charge in [-0.1, -0.05) is 5.92 Å². The minimum atomic E-state index is -1.81. The van der Waals surface area contributed by atoms with Crippen molar-refractivity contribution in [2.45, 2.75) is 30.8 Å². The van der Waals surface area contributed by atoms with Crippen molar-refractivity contribution in [3.05, 3.63) is 32.6 Å². The van der Waals surface area contributed by atoms with Gasteiger partial charge < -0.3 is 25.0 Å². The van der Waals surface area contributed by atoms with Gasteiger partial charge in [-0.15, -0.1) is 5.92 Å². The number of aromatic nitrogens is 2. The molecule has 1 aromatic heterocycles. The molecule has 2 heterocycles. The van der Waals surface area contributed by atoms with E-state index in [0.29, 0.717) is 0 Å². The van der Waals surface area contributed by atoms with Crippen LogP contribution in [0.3, 0.4) is 0 Å². The number of aromatic amines is 2. The van der Waals surface area contributed by atoms with Crippen molar-refractivity contribution in [3.8, 4) is 11.8 Å². The molecule has 0 spiro atoms. The van der Waals surface area contributed by atoms with Crippen molar-refractivity contribution in [1.82, 2.24) is 9.97 Å². The predicted octanol–water partition coefficient (Wildman–Crippen LogP) is -2.61. The number of nitrogens with one attached hydrogen (secondary N) is 2. The number of rotatable bonds is 2. The lowest BCUT2D eigenvalue weighted by molar-refractivity contribution is -0.0609. The zero-order valence-electron chi connectivity index (χ0n) is 10.6. The molecule has 0 radical (unpaired) electrons.